The predicted octanol–water partition coefficient (Wildman–Crippen LogP) is 3.05. The maximum Gasteiger partial charge on any atom is 0.0392 e. The van der Waals surface area contributed by atoms with Crippen molar-refractivity contribution in [1.82, 2.24) is 0 Å². The molecule has 1 aromatic rings. The maximum atomic E-state index is 5.62. The first-order valence-electron chi connectivity index (χ1n) is 5.04. The molecule has 0 heterocycles. The zero-order valence-corrected chi connectivity index (χ0v) is 10.0. The van der Waals surface area contributed by atoms with Crippen LogP contribution in [0.5, 0.6) is 0 Å². The highest BCUT2D eigenvalue weighted by Crippen LogP contribution is 2.26. The van der Waals surface area contributed by atoms with E-state index in [1.807, 2.05) is 0 Å². The molecule has 0 saturated heterocycles. The Kier molecular flexibility index (Phi) is 4.02. The molecule has 2 heteroatoms. The van der Waals surface area contributed by atoms with Crippen molar-refractivity contribution < 1.29 is 0 Å². The van der Waals surface area contributed by atoms with Crippen LogP contribution in [0.4, 0.5) is 0 Å². The molecule has 0 aromatic heterocycles. The minimum absolute atomic E-state index is 0.161. The Bertz CT molecular complexity index is 307. The molecule has 1 aromatic carbocycles. The largest absolute Gasteiger partial charge is 0.329 e. The van der Waals surface area contributed by atoms with Crippen LogP contribution in [0, 0.1) is 6.92 Å². The molecular formula is C12H19NS. The SMILES string of the molecule is Cc1ccc(C(C)C)cc1C(S)CN. The van der Waals surface area contributed by atoms with Gasteiger partial charge in [0.2, 0.25) is 0 Å². The van der Waals surface area contributed by atoms with E-state index in [9.17, 15) is 0 Å². The standard InChI is InChI=1S/C12H19NS/c1-8(2)10-5-4-9(3)11(6-10)12(14)7-13/h4-6,8,12,14H,7,13H2,1-3H3. The van der Waals surface area contributed by atoms with E-state index < -0.39 is 0 Å². The lowest BCUT2D eigenvalue weighted by molar-refractivity contribution is 0.854. The highest BCUT2D eigenvalue weighted by molar-refractivity contribution is 7.80. The van der Waals surface area contributed by atoms with Gasteiger partial charge in [0.15, 0.2) is 0 Å². The number of rotatable bonds is 3. The van der Waals surface area contributed by atoms with Gasteiger partial charge in [-0.1, -0.05) is 32.0 Å². The lowest BCUT2D eigenvalue weighted by Crippen LogP contribution is -2.08. The molecule has 1 unspecified atom stereocenters. The van der Waals surface area contributed by atoms with Gasteiger partial charge in [0.25, 0.3) is 0 Å². The van der Waals surface area contributed by atoms with Gasteiger partial charge in [0.1, 0.15) is 0 Å². The summed E-state index contributed by atoms with van der Waals surface area (Å²) in [5.74, 6) is 0.563. The molecule has 1 rings (SSSR count). The van der Waals surface area contributed by atoms with Crippen molar-refractivity contribution in [1.29, 1.82) is 0 Å². The van der Waals surface area contributed by atoms with Gasteiger partial charge in [-0.15, -0.1) is 0 Å². The van der Waals surface area contributed by atoms with Crippen LogP contribution in [0.2, 0.25) is 0 Å². The molecule has 0 saturated carbocycles. The van der Waals surface area contributed by atoms with Gasteiger partial charge in [-0.05, 0) is 29.5 Å². The number of hydrogen-bond acceptors (Lipinski definition) is 2. The van der Waals surface area contributed by atoms with E-state index in [0.717, 1.165) is 0 Å². The maximum absolute atomic E-state index is 5.62. The van der Waals surface area contributed by atoms with E-state index >= 15 is 0 Å². The Morgan fingerprint density at radius 2 is 2.00 bits per heavy atom. The Balaban J connectivity index is 3.08. The Hall–Kier alpha value is -0.470. The quantitative estimate of drug-likeness (QED) is 0.735. The van der Waals surface area contributed by atoms with Crippen LogP contribution in [0.15, 0.2) is 18.2 Å². The summed E-state index contributed by atoms with van der Waals surface area (Å²) in [4.78, 5) is 0. The molecule has 0 fully saturated rings. The van der Waals surface area contributed by atoms with E-state index in [2.05, 4.69) is 51.6 Å². The van der Waals surface area contributed by atoms with Crippen molar-refractivity contribution in [3.63, 3.8) is 0 Å². The van der Waals surface area contributed by atoms with Crippen molar-refractivity contribution in [3.8, 4) is 0 Å². The topological polar surface area (TPSA) is 26.0 Å². The van der Waals surface area contributed by atoms with E-state index in [1.54, 1.807) is 0 Å². The fourth-order valence-corrected chi connectivity index (χ4v) is 1.78. The molecule has 0 aliphatic heterocycles. The molecule has 14 heavy (non-hydrogen) atoms. The van der Waals surface area contributed by atoms with Gasteiger partial charge >= 0.3 is 0 Å². The summed E-state index contributed by atoms with van der Waals surface area (Å²) in [6, 6.07) is 6.56. The van der Waals surface area contributed by atoms with Crippen LogP contribution in [0.1, 0.15) is 41.7 Å². The molecule has 0 aliphatic rings. The molecular weight excluding hydrogens is 190 g/mol. The van der Waals surface area contributed by atoms with Crippen molar-refractivity contribution in [2.24, 2.45) is 5.73 Å². The van der Waals surface area contributed by atoms with Crippen molar-refractivity contribution in [3.05, 3.63) is 34.9 Å². The summed E-state index contributed by atoms with van der Waals surface area (Å²) in [6.07, 6.45) is 0. The fourth-order valence-electron chi connectivity index (χ4n) is 1.50. The first-order valence-corrected chi connectivity index (χ1v) is 5.56. The van der Waals surface area contributed by atoms with Gasteiger partial charge in [-0.3, -0.25) is 0 Å². The zero-order valence-electron chi connectivity index (χ0n) is 9.12. The summed E-state index contributed by atoms with van der Waals surface area (Å²) in [7, 11) is 0. The average Bonchev–Trinajstić information content (AvgIpc) is 2.17. The number of nitrogens with two attached hydrogens (primary N) is 1. The summed E-state index contributed by atoms with van der Waals surface area (Å²) >= 11 is 4.48. The number of thiol groups is 1. The molecule has 2 N–H and O–H groups in total. The molecule has 0 amide bonds. The minimum Gasteiger partial charge on any atom is -0.329 e. The van der Waals surface area contributed by atoms with Crippen LogP contribution in [0.3, 0.4) is 0 Å². The van der Waals surface area contributed by atoms with Crippen molar-refractivity contribution in [2.45, 2.75) is 31.9 Å². The lowest BCUT2D eigenvalue weighted by Gasteiger charge is -2.15. The Labute approximate surface area is 92.1 Å². The molecule has 0 spiro atoms. The third-order valence-electron chi connectivity index (χ3n) is 2.55. The number of aryl methyl sites for hydroxylation is 1. The molecule has 0 radical (unpaired) electrons. The first kappa shape index (κ1) is 11.6. The molecule has 1 atom stereocenters. The third kappa shape index (κ3) is 2.52. The van der Waals surface area contributed by atoms with Gasteiger partial charge in [-0.25, -0.2) is 0 Å². The molecule has 1 nitrogen and oxygen atoms in total. The number of benzene rings is 1. The Morgan fingerprint density at radius 3 is 2.50 bits per heavy atom. The van der Waals surface area contributed by atoms with Crippen LogP contribution in [0.25, 0.3) is 0 Å². The van der Waals surface area contributed by atoms with Crippen LogP contribution in [-0.4, -0.2) is 6.54 Å². The van der Waals surface area contributed by atoms with Gasteiger partial charge in [-0.2, -0.15) is 12.6 Å². The molecule has 78 valence electrons. The van der Waals surface area contributed by atoms with Gasteiger partial charge in [0.05, 0.1) is 0 Å². The molecule has 0 bridgehead atoms. The number of hydrogen-bond donors (Lipinski definition) is 2. The average molecular weight is 209 g/mol. The van der Waals surface area contributed by atoms with E-state index in [4.69, 9.17) is 5.73 Å². The second kappa shape index (κ2) is 4.85. The predicted molar refractivity (Wildman–Crippen MR) is 66.0 cm³/mol. The van der Waals surface area contributed by atoms with E-state index in [-0.39, 0.29) is 5.25 Å². The van der Waals surface area contributed by atoms with Crippen molar-refractivity contribution >= 4 is 12.6 Å². The summed E-state index contributed by atoms with van der Waals surface area (Å²) in [6.45, 7) is 7.10. The minimum atomic E-state index is 0.161. The lowest BCUT2D eigenvalue weighted by atomic mass is 9.96. The smallest absolute Gasteiger partial charge is 0.0392 e. The second-order valence-corrected chi connectivity index (χ2v) is 4.65. The zero-order chi connectivity index (χ0) is 10.7. The van der Waals surface area contributed by atoms with Gasteiger partial charge in [0, 0.05) is 11.8 Å². The summed E-state index contributed by atoms with van der Waals surface area (Å²) in [5, 5.41) is 0.161. The van der Waals surface area contributed by atoms with Crippen LogP contribution < -0.4 is 5.73 Å². The van der Waals surface area contributed by atoms with Crippen molar-refractivity contribution in [2.75, 3.05) is 6.54 Å². The first-order chi connectivity index (χ1) is 6.56. The molecule has 0 aliphatic carbocycles. The monoisotopic (exact) mass is 209 g/mol. The Morgan fingerprint density at radius 1 is 1.36 bits per heavy atom. The second-order valence-electron chi connectivity index (χ2n) is 4.02. The van der Waals surface area contributed by atoms with E-state index in [1.165, 1.54) is 16.7 Å². The summed E-state index contributed by atoms with van der Waals surface area (Å²) in [5.41, 5.74) is 9.53. The van der Waals surface area contributed by atoms with Gasteiger partial charge < -0.3 is 5.73 Å². The van der Waals surface area contributed by atoms with E-state index in [0.29, 0.717) is 12.5 Å². The normalized spacial score (nSPS) is 13.3. The highest BCUT2D eigenvalue weighted by Gasteiger charge is 2.09. The summed E-state index contributed by atoms with van der Waals surface area (Å²) < 4.78 is 0. The van der Waals surface area contributed by atoms with Crippen LogP contribution in [-0.2, 0) is 0 Å². The fraction of sp³-hybridized carbons (Fsp3) is 0.500. The highest BCUT2D eigenvalue weighted by atomic mass is 32.1. The van der Waals surface area contributed by atoms with Crippen LogP contribution >= 0.6 is 12.6 Å². The third-order valence-corrected chi connectivity index (χ3v) is 3.04.